The Morgan fingerprint density at radius 3 is 2.19 bits per heavy atom. The van der Waals surface area contributed by atoms with Crippen LogP contribution in [-0.2, 0) is 32.2 Å². The van der Waals surface area contributed by atoms with Crippen LogP contribution in [0.4, 0.5) is 0 Å². The maximum atomic E-state index is 12.2. The van der Waals surface area contributed by atoms with Gasteiger partial charge in [0.15, 0.2) is 6.29 Å². The summed E-state index contributed by atoms with van der Waals surface area (Å²) in [4.78, 5) is 35.1. The molecule has 4 aromatic carbocycles. The second kappa shape index (κ2) is 16.6. The van der Waals surface area contributed by atoms with Crippen molar-refractivity contribution in [2.75, 3.05) is 5.75 Å². The van der Waals surface area contributed by atoms with Crippen LogP contribution in [0.3, 0.4) is 0 Å². The molecule has 250 valence electrons. The van der Waals surface area contributed by atoms with Gasteiger partial charge in [-0.2, -0.15) is 0 Å². The first kappa shape index (κ1) is 34.8. The van der Waals surface area contributed by atoms with E-state index in [0.29, 0.717) is 18.7 Å². The number of amides is 1. The Hall–Kier alpha value is -4.48. The quantitative estimate of drug-likeness (QED) is 0.104. The Labute approximate surface area is 283 Å². The molecule has 4 aromatic rings. The lowest BCUT2D eigenvalue weighted by Gasteiger charge is -2.41. The van der Waals surface area contributed by atoms with E-state index in [9.17, 15) is 24.6 Å². The Kier molecular flexibility index (Phi) is 12.0. The van der Waals surface area contributed by atoms with E-state index < -0.39 is 18.2 Å². The highest BCUT2D eigenvalue weighted by Gasteiger charge is 2.38. The van der Waals surface area contributed by atoms with Gasteiger partial charge in [0.1, 0.15) is 0 Å². The van der Waals surface area contributed by atoms with Gasteiger partial charge in [-0.3, -0.25) is 9.59 Å². The lowest BCUT2D eigenvalue weighted by atomic mass is 9.91. The van der Waals surface area contributed by atoms with E-state index in [1.807, 2.05) is 84.9 Å². The zero-order valence-electron chi connectivity index (χ0n) is 26.6. The van der Waals surface area contributed by atoms with Gasteiger partial charge >= 0.3 is 11.9 Å². The minimum atomic E-state index is -0.962. The lowest BCUT2D eigenvalue weighted by Crippen LogP contribution is -2.38. The molecule has 0 spiro atoms. The Bertz CT molecular complexity index is 1710. The molecule has 0 saturated carbocycles. The molecule has 5 rings (SSSR count). The van der Waals surface area contributed by atoms with Crippen LogP contribution in [0.5, 0.6) is 0 Å². The molecule has 1 amide bonds. The van der Waals surface area contributed by atoms with E-state index in [1.54, 1.807) is 23.9 Å². The monoisotopic (exact) mass is 669 g/mol. The number of hydrogen-bond acceptors (Lipinski definition) is 7. The van der Waals surface area contributed by atoms with Crippen LogP contribution in [0.2, 0.25) is 0 Å². The third-order valence-electron chi connectivity index (χ3n) is 8.34. The summed E-state index contributed by atoms with van der Waals surface area (Å²) < 4.78 is 13.3. The van der Waals surface area contributed by atoms with E-state index in [2.05, 4.69) is 12.2 Å². The molecule has 1 fully saturated rings. The Balaban J connectivity index is 1.33. The largest absolute Gasteiger partial charge is 0.481 e. The van der Waals surface area contributed by atoms with Gasteiger partial charge in [0.05, 0.1) is 24.4 Å². The standard InChI is InChI=1S/C38H39NO8S/c1-24-33(23-48-32-17-15-28(16-18-32)37(44)45)46-38(47-36(24)27-13-11-25(22-40)12-14-27)31-8-3-7-30(20-31)29-6-2-5-26(19-29)21-39-34(41)9-4-10-35(42)43/h2-3,5-8,11-20,24,33,36,38,40H,4,9-10,21-23H2,1H3,(H,39,41)(H,42,43)(H,44,45)/t24-,33+,36+,38+/m1/s1. The molecule has 0 radical (unpaired) electrons. The first-order chi connectivity index (χ1) is 23.2. The molecular weight excluding hydrogens is 630 g/mol. The van der Waals surface area contributed by atoms with Gasteiger partial charge in [-0.15, -0.1) is 11.8 Å². The molecule has 1 aliphatic rings. The number of carboxylic acids is 2. The average Bonchev–Trinajstić information content (AvgIpc) is 3.10. The first-order valence-corrected chi connectivity index (χ1v) is 16.8. The summed E-state index contributed by atoms with van der Waals surface area (Å²) in [7, 11) is 0. The van der Waals surface area contributed by atoms with Crippen molar-refractivity contribution in [2.24, 2.45) is 5.92 Å². The second-order valence-electron chi connectivity index (χ2n) is 11.8. The predicted octanol–water partition coefficient (Wildman–Crippen LogP) is 7.00. The zero-order chi connectivity index (χ0) is 34.0. The van der Waals surface area contributed by atoms with Gasteiger partial charge in [-0.25, -0.2) is 4.79 Å². The summed E-state index contributed by atoms with van der Waals surface area (Å²) in [5.41, 5.74) is 5.75. The lowest BCUT2D eigenvalue weighted by molar-refractivity contribution is -0.268. The van der Waals surface area contributed by atoms with Gasteiger partial charge in [0.2, 0.25) is 5.91 Å². The molecule has 1 saturated heterocycles. The number of aliphatic carboxylic acids is 1. The molecule has 4 atom stereocenters. The predicted molar refractivity (Wildman–Crippen MR) is 182 cm³/mol. The van der Waals surface area contributed by atoms with E-state index >= 15 is 0 Å². The summed E-state index contributed by atoms with van der Waals surface area (Å²) in [5.74, 6) is -1.44. The molecule has 9 nitrogen and oxygen atoms in total. The van der Waals surface area contributed by atoms with Crippen molar-refractivity contribution in [1.29, 1.82) is 0 Å². The molecule has 1 aliphatic heterocycles. The molecule has 0 unspecified atom stereocenters. The number of hydrogen-bond donors (Lipinski definition) is 4. The molecule has 0 bridgehead atoms. The summed E-state index contributed by atoms with van der Waals surface area (Å²) in [6.07, 6.45) is -0.699. The Morgan fingerprint density at radius 1 is 0.792 bits per heavy atom. The maximum absolute atomic E-state index is 12.2. The summed E-state index contributed by atoms with van der Waals surface area (Å²) in [5, 5.41) is 30.5. The number of aliphatic hydroxyl groups is 1. The van der Waals surface area contributed by atoms with E-state index in [1.165, 1.54) is 0 Å². The van der Waals surface area contributed by atoms with Gasteiger partial charge in [-0.1, -0.05) is 67.6 Å². The highest BCUT2D eigenvalue weighted by Crippen LogP contribution is 2.43. The van der Waals surface area contributed by atoms with E-state index in [0.717, 1.165) is 38.3 Å². The first-order valence-electron chi connectivity index (χ1n) is 15.8. The minimum Gasteiger partial charge on any atom is -0.481 e. The summed E-state index contributed by atoms with van der Waals surface area (Å²) >= 11 is 1.60. The molecule has 0 aliphatic carbocycles. The van der Waals surface area contributed by atoms with E-state index in [-0.39, 0.29) is 49.0 Å². The van der Waals surface area contributed by atoms with Crippen molar-refractivity contribution in [2.45, 2.75) is 62.7 Å². The van der Waals surface area contributed by atoms with Crippen LogP contribution in [-0.4, -0.2) is 45.0 Å². The number of benzene rings is 4. The number of carbonyl (C=O) groups is 3. The average molecular weight is 670 g/mol. The van der Waals surface area contributed by atoms with Crippen molar-refractivity contribution >= 4 is 29.6 Å². The van der Waals surface area contributed by atoms with Crippen molar-refractivity contribution < 1.29 is 39.2 Å². The molecule has 48 heavy (non-hydrogen) atoms. The zero-order valence-corrected chi connectivity index (χ0v) is 27.4. The van der Waals surface area contributed by atoms with Crippen LogP contribution < -0.4 is 5.32 Å². The van der Waals surface area contributed by atoms with Crippen molar-refractivity contribution in [3.63, 3.8) is 0 Å². The van der Waals surface area contributed by atoms with Crippen molar-refractivity contribution in [3.8, 4) is 11.1 Å². The number of thioether (sulfide) groups is 1. The Morgan fingerprint density at radius 2 is 1.50 bits per heavy atom. The fourth-order valence-electron chi connectivity index (χ4n) is 5.60. The van der Waals surface area contributed by atoms with Crippen LogP contribution in [0.15, 0.2) is 102 Å². The third-order valence-corrected chi connectivity index (χ3v) is 9.44. The number of carboxylic acid groups (broad SMARTS) is 2. The molecular formula is C38H39NO8S. The van der Waals surface area contributed by atoms with Crippen molar-refractivity contribution in [1.82, 2.24) is 5.32 Å². The van der Waals surface area contributed by atoms with Crippen LogP contribution in [0.1, 0.15) is 71.2 Å². The maximum Gasteiger partial charge on any atom is 0.335 e. The molecule has 4 N–H and O–H groups in total. The van der Waals surface area contributed by atoms with Crippen LogP contribution >= 0.6 is 11.8 Å². The summed E-state index contributed by atoms with van der Waals surface area (Å²) in [6, 6.07) is 30.5. The molecule has 0 aromatic heterocycles. The summed E-state index contributed by atoms with van der Waals surface area (Å²) in [6.45, 7) is 2.40. The second-order valence-corrected chi connectivity index (χ2v) is 12.9. The number of aromatic carboxylic acids is 1. The van der Waals surface area contributed by atoms with Gasteiger partial charge < -0.3 is 30.1 Å². The fourth-order valence-corrected chi connectivity index (χ4v) is 6.66. The topological polar surface area (TPSA) is 142 Å². The van der Waals surface area contributed by atoms with Crippen molar-refractivity contribution in [3.05, 3.63) is 125 Å². The normalized spacial score (nSPS) is 19.0. The fraction of sp³-hybridized carbons (Fsp3) is 0.289. The number of ether oxygens (including phenoxy) is 2. The smallest absolute Gasteiger partial charge is 0.335 e. The number of carbonyl (C=O) groups excluding carboxylic acids is 1. The van der Waals surface area contributed by atoms with Crippen LogP contribution in [0, 0.1) is 5.92 Å². The highest BCUT2D eigenvalue weighted by molar-refractivity contribution is 7.99. The van der Waals surface area contributed by atoms with Gasteiger partial charge in [-0.05, 0) is 70.6 Å². The van der Waals surface area contributed by atoms with Gasteiger partial charge in [0.25, 0.3) is 0 Å². The number of nitrogens with one attached hydrogen (secondary N) is 1. The molecule has 1 heterocycles. The highest BCUT2D eigenvalue weighted by atomic mass is 32.2. The SMILES string of the molecule is C[C@@H]1[C@H](CSc2ccc(C(=O)O)cc2)O[C@H](c2cccc(-c3cccc(CNC(=O)CCCC(=O)O)c3)c2)O[C@@H]1c1ccc(CO)cc1. The van der Waals surface area contributed by atoms with Crippen LogP contribution in [0.25, 0.3) is 11.1 Å². The minimum absolute atomic E-state index is 0.00813. The van der Waals surface area contributed by atoms with Gasteiger partial charge in [0, 0.05) is 41.5 Å². The third kappa shape index (κ3) is 9.32. The number of aliphatic hydroxyl groups excluding tert-OH is 1. The number of rotatable bonds is 14. The molecule has 10 heteroatoms. The van der Waals surface area contributed by atoms with E-state index in [4.69, 9.17) is 14.6 Å².